The van der Waals surface area contributed by atoms with Crippen molar-refractivity contribution < 1.29 is 8.42 Å². The van der Waals surface area contributed by atoms with E-state index in [1.54, 1.807) is 12.1 Å². The Bertz CT molecular complexity index is 962. The van der Waals surface area contributed by atoms with Gasteiger partial charge in [0.15, 0.2) is 0 Å². The summed E-state index contributed by atoms with van der Waals surface area (Å²) in [7, 11) is -3.83. The average molecular weight is 299 g/mol. The summed E-state index contributed by atoms with van der Waals surface area (Å²) in [5.41, 5.74) is -0.674. The summed E-state index contributed by atoms with van der Waals surface area (Å²) in [6, 6.07) is 16.2. The highest BCUT2D eigenvalue weighted by Gasteiger charge is 2.16. The van der Waals surface area contributed by atoms with E-state index >= 15 is 0 Å². The third kappa shape index (κ3) is 2.66. The molecule has 3 aromatic rings. The largest absolute Gasteiger partial charge is 0.327 e. The van der Waals surface area contributed by atoms with Gasteiger partial charge in [-0.1, -0.05) is 30.3 Å². The lowest BCUT2D eigenvalue weighted by molar-refractivity contribution is 0.601. The molecule has 2 aromatic carbocycles. The molecule has 5 nitrogen and oxygen atoms in total. The minimum atomic E-state index is -3.83. The van der Waals surface area contributed by atoms with Crippen LogP contribution in [0.15, 0.2) is 64.4 Å². The van der Waals surface area contributed by atoms with Gasteiger partial charge in [-0.3, -0.25) is 9.52 Å². The number of benzene rings is 2. The number of H-pyrrole nitrogens is 1. The summed E-state index contributed by atoms with van der Waals surface area (Å²) < 4.78 is 26.9. The van der Waals surface area contributed by atoms with Gasteiger partial charge in [-0.2, -0.15) is 0 Å². The van der Waals surface area contributed by atoms with Crippen molar-refractivity contribution in [1.29, 1.82) is 0 Å². The van der Waals surface area contributed by atoms with E-state index in [1.165, 1.54) is 18.3 Å². The van der Waals surface area contributed by atoms with E-state index in [0.717, 1.165) is 10.8 Å². The number of fused-ring (bicyclic) bond motifs is 1. The summed E-state index contributed by atoms with van der Waals surface area (Å²) in [5, 5.41) is 1.76. The zero-order valence-electron chi connectivity index (χ0n) is 10.8. The van der Waals surface area contributed by atoms with Gasteiger partial charge in [-0.25, -0.2) is 8.42 Å². The molecule has 0 aliphatic rings. The molecule has 0 saturated heterocycles. The second-order valence-corrected chi connectivity index (χ2v) is 6.12. The molecular formula is C15H11N2O3S. The molecule has 1 radical (unpaired) electrons. The molecule has 0 atom stereocenters. The molecule has 0 fully saturated rings. The van der Waals surface area contributed by atoms with Crippen molar-refractivity contribution in [2.24, 2.45) is 0 Å². The minimum absolute atomic E-state index is 0.0952. The molecular weight excluding hydrogens is 288 g/mol. The van der Waals surface area contributed by atoms with Gasteiger partial charge in [-0.05, 0) is 29.0 Å². The predicted octanol–water partition coefficient (Wildman–Crippen LogP) is 2.13. The number of anilines is 1. The number of rotatable bonds is 3. The van der Waals surface area contributed by atoms with Crippen molar-refractivity contribution in [2.45, 2.75) is 4.90 Å². The van der Waals surface area contributed by atoms with Gasteiger partial charge in [0, 0.05) is 12.3 Å². The fourth-order valence-electron chi connectivity index (χ4n) is 1.98. The first-order valence-electron chi connectivity index (χ1n) is 6.17. The number of sulfonamides is 1. The molecule has 0 aliphatic heterocycles. The summed E-state index contributed by atoms with van der Waals surface area (Å²) in [6.45, 7) is 0. The summed E-state index contributed by atoms with van der Waals surface area (Å²) in [5.74, 6) is 0. The SMILES string of the molecule is O=c1[nH]cc[c]c1NS(=O)(=O)c1ccc2ccccc2c1. The van der Waals surface area contributed by atoms with Gasteiger partial charge in [0.05, 0.1) is 4.90 Å². The second-order valence-electron chi connectivity index (χ2n) is 4.44. The zero-order chi connectivity index (χ0) is 14.9. The van der Waals surface area contributed by atoms with Gasteiger partial charge in [0.1, 0.15) is 5.69 Å². The Morgan fingerprint density at radius 3 is 2.57 bits per heavy atom. The Morgan fingerprint density at radius 2 is 1.81 bits per heavy atom. The Balaban J connectivity index is 2.04. The topological polar surface area (TPSA) is 79.0 Å². The molecule has 105 valence electrons. The molecule has 6 heteroatoms. The first-order valence-corrected chi connectivity index (χ1v) is 7.65. The number of pyridine rings is 1. The van der Waals surface area contributed by atoms with E-state index in [4.69, 9.17) is 0 Å². The highest BCUT2D eigenvalue weighted by molar-refractivity contribution is 7.92. The van der Waals surface area contributed by atoms with Crippen molar-refractivity contribution in [2.75, 3.05) is 4.72 Å². The van der Waals surface area contributed by atoms with Crippen molar-refractivity contribution in [3.05, 3.63) is 71.1 Å². The van der Waals surface area contributed by atoms with Crippen molar-refractivity contribution >= 4 is 26.5 Å². The van der Waals surface area contributed by atoms with Gasteiger partial charge < -0.3 is 4.98 Å². The van der Waals surface area contributed by atoms with E-state index < -0.39 is 15.6 Å². The van der Waals surface area contributed by atoms with Crippen molar-refractivity contribution in [3.63, 3.8) is 0 Å². The highest BCUT2D eigenvalue weighted by Crippen LogP contribution is 2.20. The molecule has 1 aromatic heterocycles. The maximum absolute atomic E-state index is 12.3. The third-order valence-electron chi connectivity index (χ3n) is 3.02. The number of nitrogens with one attached hydrogen (secondary N) is 2. The molecule has 0 spiro atoms. The molecule has 0 amide bonds. The molecule has 2 N–H and O–H groups in total. The lowest BCUT2D eigenvalue weighted by Crippen LogP contribution is -2.19. The summed E-state index contributed by atoms with van der Waals surface area (Å²) >= 11 is 0. The minimum Gasteiger partial charge on any atom is -0.327 e. The average Bonchev–Trinajstić information content (AvgIpc) is 2.49. The van der Waals surface area contributed by atoms with E-state index in [9.17, 15) is 13.2 Å². The molecule has 0 aliphatic carbocycles. The van der Waals surface area contributed by atoms with Gasteiger partial charge in [0.25, 0.3) is 15.6 Å². The lowest BCUT2D eigenvalue weighted by atomic mass is 10.1. The van der Waals surface area contributed by atoms with Crippen LogP contribution in [0.3, 0.4) is 0 Å². The number of aromatic amines is 1. The van der Waals surface area contributed by atoms with Crippen LogP contribution >= 0.6 is 0 Å². The summed E-state index contributed by atoms with van der Waals surface area (Å²) in [4.78, 5) is 14.0. The number of hydrogen-bond donors (Lipinski definition) is 2. The van der Waals surface area contributed by atoms with Crippen LogP contribution in [0.5, 0.6) is 0 Å². The normalized spacial score (nSPS) is 11.4. The van der Waals surface area contributed by atoms with E-state index in [0.29, 0.717) is 0 Å². The van der Waals surface area contributed by atoms with Gasteiger partial charge in [0.2, 0.25) is 0 Å². The third-order valence-corrected chi connectivity index (χ3v) is 4.37. The zero-order valence-corrected chi connectivity index (χ0v) is 11.6. The van der Waals surface area contributed by atoms with Crippen LogP contribution in [0.1, 0.15) is 0 Å². The quantitative estimate of drug-likeness (QED) is 0.777. The van der Waals surface area contributed by atoms with Crippen molar-refractivity contribution in [3.8, 4) is 0 Å². The Labute approximate surface area is 121 Å². The van der Waals surface area contributed by atoms with Crippen LogP contribution < -0.4 is 10.3 Å². The maximum atomic E-state index is 12.3. The molecule has 1 heterocycles. The van der Waals surface area contributed by atoms with Crippen LogP contribution in [0.4, 0.5) is 5.69 Å². The number of aromatic nitrogens is 1. The number of hydrogen-bond acceptors (Lipinski definition) is 3. The van der Waals surface area contributed by atoms with Crippen LogP contribution in [-0.2, 0) is 10.0 Å². The van der Waals surface area contributed by atoms with Gasteiger partial charge >= 0.3 is 0 Å². The van der Waals surface area contributed by atoms with E-state index in [1.807, 2.05) is 24.3 Å². The van der Waals surface area contributed by atoms with Crippen LogP contribution in [0, 0.1) is 6.07 Å². The Hall–Kier alpha value is -2.60. The molecule has 0 bridgehead atoms. The molecule has 0 unspecified atom stereocenters. The molecule has 0 saturated carbocycles. The fourth-order valence-corrected chi connectivity index (χ4v) is 3.05. The standard InChI is InChI=1S/C15H11N2O3S/c18-15-14(6-3-9-16-15)17-21(19,20)13-8-7-11-4-1-2-5-12(11)10-13/h1-5,7-10,17H,(H,16,18). The van der Waals surface area contributed by atoms with Crippen LogP contribution in [-0.4, -0.2) is 13.4 Å². The smallest absolute Gasteiger partial charge is 0.272 e. The maximum Gasteiger partial charge on any atom is 0.272 e. The first kappa shape index (κ1) is 13.4. The second kappa shape index (κ2) is 5.06. The molecule has 21 heavy (non-hydrogen) atoms. The Morgan fingerprint density at radius 1 is 1.05 bits per heavy atom. The highest BCUT2D eigenvalue weighted by atomic mass is 32.2. The van der Waals surface area contributed by atoms with Crippen LogP contribution in [0.25, 0.3) is 10.8 Å². The first-order chi connectivity index (χ1) is 10.1. The van der Waals surface area contributed by atoms with Gasteiger partial charge in [-0.15, -0.1) is 0 Å². The molecule has 3 rings (SSSR count). The van der Waals surface area contributed by atoms with E-state index in [2.05, 4.69) is 15.8 Å². The van der Waals surface area contributed by atoms with E-state index in [-0.39, 0.29) is 10.6 Å². The predicted molar refractivity (Wildman–Crippen MR) is 80.7 cm³/mol. The van der Waals surface area contributed by atoms with Crippen molar-refractivity contribution in [1.82, 2.24) is 4.98 Å². The summed E-state index contributed by atoms with van der Waals surface area (Å²) in [6.07, 6.45) is 1.39. The van der Waals surface area contributed by atoms with Crippen LogP contribution in [0.2, 0.25) is 0 Å². The lowest BCUT2D eigenvalue weighted by Gasteiger charge is -2.07. The fraction of sp³-hybridized carbons (Fsp3) is 0. The Kier molecular flexibility index (Phi) is 3.23. The monoisotopic (exact) mass is 299 g/mol.